The Morgan fingerprint density at radius 3 is 1.21 bits per heavy atom. The van der Waals surface area contributed by atoms with Crippen LogP contribution in [0.15, 0.2) is 206 Å². The third kappa shape index (κ3) is 4.57. The molecule has 0 unspecified atom stereocenters. The number of benzene rings is 10. The number of nitrogens with zero attached hydrogens (tertiary/aromatic N) is 2. The third-order valence-corrected chi connectivity index (χ3v) is 11.9. The summed E-state index contributed by atoms with van der Waals surface area (Å²) in [6.45, 7) is 0. The Kier molecular flexibility index (Phi) is 6.66. The van der Waals surface area contributed by atoms with Crippen molar-refractivity contribution in [3.05, 3.63) is 206 Å². The van der Waals surface area contributed by atoms with Crippen LogP contribution in [0.3, 0.4) is 0 Å². The van der Waals surface area contributed by atoms with E-state index in [9.17, 15) is 0 Å². The summed E-state index contributed by atoms with van der Waals surface area (Å²) in [6, 6.07) is 75.8. The molecule has 12 aromatic rings. The zero-order chi connectivity index (χ0) is 36.7. The maximum absolute atomic E-state index is 2.44. The second-order valence-electron chi connectivity index (χ2n) is 14.9. The second-order valence-corrected chi connectivity index (χ2v) is 14.9. The van der Waals surface area contributed by atoms with Gasteiger partial charge in [-0.1, -0.05) is 133 Å². The van der Waals surface area contributed by atoms with Gasteiger partial charge in [0.1, 0.15) is 0 Å². The van der Waals surface area contributed by atoms with Crippen molar-refractivity contribution in [3.8, 4) is 33.6 Å². The lowest BCUT2D eigenvalue weighted by molar-refractivity contribution is 1.18. The highest BCUT2D eigenvalue weighted by molar-refractivity contribution is 6.29. The summed E-state index contributed by atoms with van der Waals surface area (Å²) < 4.78 is 4.82. The molecule has 2 heteroatoms. The molecule has 0 aliphatic rings. The third-order valence-electron chi connectivity index (χ3n) is 11.9. The second kappa shape index (κ2) is 12.0. The quantitative estimate of drug-likeness (QED) is 0.161. The normalized spacial score (nSPS) is 11.9. The lowest BCUT2D eigenvalue weighted by atomic mass is 9.91. The van der Waals surface area contributed by atoms with Crippen molar-refractivity contribution in [2.24, 2.45) is 0 Å². The van der Waals surface area contributed by atoms with Gasteiger partial charge >= 0.3 is 0 Å². The summed E-state index contributed by atoms with van der Waals surface area (Å²) in [5, 5.41) is 12.7. The van der Waals surface area contributed by atoms with Crippen molar-refractivity contribution in [2.45, 2.75) is 0 Å². The highest BCUT2D eigenvalue weighted by Gasteiger charge is 2.18. The topological polar surface area (TPSA) is 9.86 Å². The molecule has 2 nitrogen and oxygen atoms in total. The van der Waals surface area contributed by atoms with Gasteiger partial charge in [-0.3, -0.25) is 0 Å². The molecular weight excluding hydrogens is 677 g/mol. The van der Waals surface area contributed by atoms with Crippen LogP contribution in [0.4, 0.5) is 0 Å². The fourth-order valence-corrected chi connectivity index (χ4v) is 9.32. The molecule has 260 valence electrons. The Morgan fingerprint density at radius 1 is 0.196 bits per heavy atom. The van der Waals surface area contributed by atoms with Crippen molar-refractivity contribution < 1.29 is 0 Å². The SMILES string of the molecule is c1ccc(-c2ccc3c(c2)c2cc(-c4ccc5c(c4)c4ccccc4c4cc6c(cc54)c4ccccc4n6-c4ccccc4)ccc2n3-c2ccccc2)cc1. The fraction of sp³-hybridized carbons (Fsp3) is 0. The first-order chi connectivity index (χ1) is 27.8. The van der Waals surface area contributed by atoms with E-state index in [1.165, 1.54) is 104 Å². The van der Waals surface area contributed by atoms with Crippen LogP contribution in [0, 0.1) is 0 Å². The predicted octanol–water partition coefficient (Wildman–Crippen LogP) is 14.7. The number of aromatic nitrogens is 2. The van der Waals surface area contributed by atoms with Gasteiger partial charge in [-0.25, -0.2) is 0 Å². The molecule has 0 saturated carbocycles. The number of fused-ring (bicyclic) bond motifs is 12. The molecule has 0 radical (unpaired) electrons. The van der Waals surface area contributed by atoms with Crippen molar-refractivity contribution in [1.29, 1.82) is 0 Å². The predicted molar refractivity (Wildman–Crippen MR) is 239 cm³/mol. The van der Waals surface area contributed by atoms with Gasteiger partial charge in [-0.2, -0.15) is 0 Å². The van der Waals surface area contributed by atoms with E-state index in [2.05, 4.69) is 215 Å². The van der Waals surface area contributed by atoms with Crippen LogP contribution in [0.1, 0.15) is 0 Å². The average Bonchev–Trinajstić information content (AvgIpc) is 3.78. The van der Waals surface area contributed by atoms with E-state index in [1.54, 1.807) is 0 Å². The van der Waals surface area contributed by atoms with Crippen molar-refractivity contribution in [2.75, 3.05) is 0 Å². The Hall–Kier alpha value is -7.42. The van der Waals surface area contributed by atoms with Crippen molar-refractivity contribution in [3.63, 3.8) is 0 Å². The van der Waals surface area contributed by atoms with Gasteiger partial charge in [-0.05, 0) is 127 Å². The van der Waals surface area contributed by atoms with E-state index in [1.807, 2.05) is 0 Å². The summed E-state index contributed by atoms with van der Waals surface area (Å²) in [5.74, 6) is 0. The van der Waals surface area contributed by atoms with E-state index in [4.69, 9.17) is 0 Å². The average molecular weight is 711 g/mol. The molecule has 2 aromatic heterocycles. The van der Waals surface area contributed by atoms with Crippen LogP contribution in [-0.4, -0.2) is 9.13 Å². The summed E-state index contributed by atoms with van der Waals surface area (Å²) in [7, 11) is 0. The number of para-hydroxylation sites is 3. The van der Waals surface area contributed by atoms with Gasteiger partial charge in [0, 0.05) is 32.9 Å². The Morgan fingerprint density at radius 2 is 0.589 bits per heavy atom. The zero-order valence-electron chi connectivity index (χ0n) is 30.5. The maximum atomic E-state index is 2.44. The molecule has 0 atom stereocenters. The van der Waals surface area contributed by atoms with E-state index >= 15 is 0 Å². The van der Waals surface area contributed by atoms with Crippen molar-refractivity contribution >= 4 is 75.9 Å². The van der Waals surface area contributed by atoms with E-state index in [0.717, 1.165) is 5.69 Å². The number of hydrogen-bond acceptors (Lipinski definition) is 0. The molecule has 10 aromatic carbocycles. The van der Waals surface area contributed by atoms with Crippen molar-refractivity contribution in [1.82, 2.24) is 9.13 Å². The highest BCUT2D eigenvalue weighted by atomic mass is 15.0. The summed E-state index contributed by atoms with van der Waals surface area (Å²) in [4.78, 5) is 0. The Labute approximate surface area is 323 Å². The summed E-state index contributed by atoms with van der Waals surface area (Å²) in [5.41, 5.74) is 12.1. The first-order valence-corrected chi connectivity index (χ1v) is 19.3. The summed E-state index contributed by atoms with van der Waals surface area (Å²) >= 11 is 0. The van der Waals surface area contributed by atoms with Gasteiger partial charge in [0.25, 0.3) is 0 Å². The minimum absolute atomic E-state index is 1.16. The Balaban J connectivity index is 1.10. The fourth-order valence-electron chi connectivity index (χ4n) is 9.32. The molecule has 0 saturated heterocycles. The Bertz CT molecular complexity index is 3500. The lowest BCUT2D eigenvalue weighted by Gasteiger charge is -2.14. The molecule has 0 N–H and O–H groups in total. The molecule has 0 aliphatic heterocycles. The van der Waals surface area contributed by atoms with Gasteiger partial charge in [-0.15, -0.1) is 0 Å². The minimum atomic E-state index is 1.16. The van der Waals surface area contributed by atoms with Gasteiger partial charge in [0.15, 0.2) is 0 Å². The van der Waals surface area contributed by atoms with E-state index in [-0.39, 0.29) is 0 Å². The first kappa shape index (κ1) is 31.0. The largest absolute Gasteiger partial charge is 0.309 e. The molecule has 12 rings (SSSR count). The van der Waals surface area contributed by atoms with Gasteiger partial charge in [0.2, 0.25) is 0 Å². The van der Waals surface area contributed by atoms with Gasteiger partial charge in [0.05, 0.1) is 22.1 Å². The molecule has 0 fully saturated rings. The smallest absolute Gasteiger partial charge is 0.0547 e. The van der Waals surface area contributed by atoms with Crippen LogP contribution < -0.4 is 0 Å². The first-order valence-electron chi connectivity index (χ1n) is 19.3. The maximum Gasteiger partial charge on any atom is 0.0547 e. The molecule has 0 bridgehead atoms. The van der Waals surface area contributed by atoms with Crippen LogP contribution in [-0.2, 0) is 0 Å². The molecule has 56 heavy (non-hydrogen) atoms. The molecule has 0 aliphatic carbocycles. The molecular formula is C54H34N2. The summed E-state index contributed by atoms with van der Waals surface area (Å²) in [6.07, 6.45) is 0. The van der Waals surface area contributed by atoms with Gasteiger partial charge < -0.3 is 9.13 Å². The number of rotatable bonds is 4. The van der Waals surface area contributed by atoms with Crippen LogP contribution >= 0.6 is 0 Å². The zero-order valence-corrected chi connectivity index (χ0v) is 30.5. The van der Waals surface area contributed by atoms with E-state index in [0.29, 0.717) is 0 Å². The van der Waals surface area contributed by atoms with Crippen LogP contribution in [0.5, 0.6) is 0 Å². The molecule has 0 amide bonds. The highest BCUT2D eigenvalue weighted by Crippen LogP contribution is 2.43. The lowest BCUT2D eigenvalue weighted by Crippen LogP contribution is -1.93. The molecule has 0 spiro atoms. The molecule has 2 heterocycles. The number of hydrogen-bond donors (Lipinski definition) is 0. The monoisotopic (exact) mass is 710 g/mol. The van der Waals surface area contributed by atoms with E-state index < -0.39 is 0 Å². The van der Waals surface area contributed by atoms with Crippen LogP contribution in [0.2, 0.25) is 0 Å². The minimum Gasteiger partial charge on any atom is -0.309 e. The van der Waals surface area contributed by atoms with Crippen LogP contribution in [0.25, 0.3) is 110 Å². The standard InChI is InChI=1S/C54H34N2/c1-4-14-35(15-5-1)36-25-28-52-48(31-36)49-32-38(26-29-53(49)55(52)39-16-6-2-7-17-39)37-24-27-43-45(30-37)41-20-10-11-21-42(41)47-34-54-50(33-46(43)47)44-22-12-13-23-51(44)56(54)40-18-8-3-9-19-40/h1-34H.